The minimum atomic E-state index is -2.91. The van der Waals surface area contributed by atoms with Gasteiger partial charge in [0.15, 0.2) is 0 Å². The molecule has 0 N–H and O–H groups in total. The number of aliphatic imine (C=N–C) groups is 1. The van der Waals surface area contributed by atoms with Crippen LogP contribution in [0, 0.1) is 0 Å². The summed E-state index contributed by atoms with van der Waals surface area (Å²) < 4.78 is 29.0. The van der Waals surface area contributed by atoms with Gasteiger partial charge in [-0.1, -0.05) is 18.0 Å². The highest BCUT2D eigenvalue weighted by atomic mass is 35.5. The number of amidine groups is 1. The van der Waals surface area contributed by atoms with E-state index in [1.807, 2.05) is 0 Å². The van der Waals surface area contributed by atoms with Gasteiger partial charge in [0.1, 0.15) is 17.3 Å². The predicted molar refractivity (Wildman–Crippen MR) is 83.7 cm³/mol. The molecule has 23 heavy (non-hydrogen) atoms. The van der Waals surface area contributed by atoms with Crippen LogP contribution in [-0.4, -0.2) is 29.8 Å². The van der Waals surface area contributed by atoms with Crippen molar-refractivity contribution >= 4 is 29.4 Å². The van der Waals surface area contributed by atoms with Crippen LogP contribution in [0.3, 0.4) is 0 Å². The summed E-state index contributed by atoms with van der Waals surface area (Å²) in [5.74, 6) is 0.594. The van der Waals surface area contributed by atoms with Crippen LogP contribution in [0.5, 0.6) is 5.75 Å². The average molecular weight is 341 g/mol. The van der Waals surface area contributed by atoms with E-state index in [0.717, 1.165) is 31.5 Å². The highest BCUT2D eigenvalue weighted by molar-refractivity contribution is 6.32. The zero-order chi connectivity index (χ0) is 16.4. The highest BCUT2D eigenvalue weighted by Crippen LogP contribution is 2.29. The van der Waals surface area contributed by atoms with Crippen LogP contribution in [0.2, 0.25) is 5.02 Å². The van der Waals surface area contributed by atoms with Gasteiger partial charge in [-0.2, -0.15) is 8.78 Å². The summed E-state index contributed by atoms with van der Waals surface area (Å²) in [6.45, 7) is -2.25. The Kier molecular flexibility index (Phi) is 4.61. The van der Waals surface area contributed by atoms with Crippen molar-refractivity contribution in [3.8, 4) is 5.75 Å². The molecule has 0 saturated carbocycles. The van der Waals surface area contributed by atoms with Gasteiger partial charge in [0, 0.05) is 18.0 Å². The number of carbonyl (C=O) groups excluding carboxylic acids is 1. The predicted octanol–water partition coefficient (Wildman–Crippen LogP) is 4.10. The van der Waals surface area contributed by atoms with Gasteiger partial charge in [-0.15, -0.1) is 0 Å². The Balaban J connectivity index is 1.91. The van der Waals surface area contributed by atoms with E-state index in [-0.39, 0.29) is 17.4 Å². The molecule has 1 amide bonds. The van der Waals surface area contributed by atoms with Gasteiger partial charge in [0.2, 0.25) is 0 Å². The lowest BCUT2D eigenvalue weighted by molar-refractivity contribution is -0.122. The van der Waals surface area contributed by atoms with Crippen LogP contribution < -0.4 is 4.74 Å². The first-order valence-electron chi connectivity index (χ1n) is 7.40. The molecule has 0 unspecified atom stereocenters. The van der Waals surface area contributed by atoms with E-state index in [1.54, 1.807) is 4.90 Å². The number of carbonyl (C=O) groups is 1. The number of halogens is 3. The topological polar surface area (TPSA) is 41.9 Å². The van der Waals surface area contributed by atoms with E-state index in [9.17, 15) is 13.6 Å². The number of hydrogen-bond donors (Lipinski definition) is 0. The van der Waals surface area contributed by atoms with E-state index in [1.165, 1.54) is 24.3 Å². The van der Waals surface area contributed by atoms with Crippen molar-refractivity contribution in [3.63, 3.8) is 0 Å². The summed E-state index contributed by atoms with van der Waals surface area (Å²) in [4.78, 5) is 18.5. The Labute approximate surface area is 137 Å². The molecule has 2 aliphatic heterocycles. The number of nitrogens with zero attached hydrogens (tertiary/aromatic N) is 2. The van der Waals surface area contributed by atoms with E-state index < -0.39 is 6.61 Å². The third kappa shape index (κ3) is 3.52. The van der Waals surface area contributed by atoms with Crippen LogP contribution in [0.1, 0.15) is 31.2 Å². The van der Waals surface area contributed by atoms with E-state index in [4.69, 9.17) is 11.6 Å². The quantitative estimate of drug-likeness (QED) is 0.777. The number of amides is 1. The molecule has 0 spiro atoms. The second kappa shape index (κ2) is 6.66. The van der Waals surface area contributed by atoms with Crippen LogP contribution >= 0.6 is 11.6 Å². The molecule has 0 radical (unpaired) electrons. The van der Waals surface area contributed by atoms with E-state index in [0.29, 0.717) is 17.1 Å². The maximum atomic E-state index is 12.4. The zero-order valence-corrected chi connectivity index (χ0v) is 13.0. The number of fused-ring (bicyclic) bond motifs is 1. The molecule has 0 bridgehead atoms. The van der Waals surface area contributed by atoms with Crippen LogP contribution in [0.25, 0.3) is 6.08 Å². The number of hydrogen-bond acceptors (Lipinski definition) is 3. The van der Waals surface area contributed by atoms with Gasteiger partial charge in [0.25, 0.3) is 5.91 Å². The number of alkyl halides is 2. The number of rotatable bonds is 3. The fourth-order valence-electron chi connectivity index (χ4n) is 2.70. The molecular formula is C16H15ClF2N2O2. The molecule has 122 valence electrons. The van der Waals surface area contributed by atoms with Gasteiger partial charge in [0.05, 0.1) is 0 Å². The third-order valence-corrected chi connectivity index (χ3v) is 4.14. The standard InChI is InChI=1S/C16H15ClF2N2O2/c17-12-6-5-11(23-16(18)19)8-10(12)9-13-15(22)21-7-3-1-2-4-14(21)20-13/h5-6,8-9,16H,1-4,7H2/b13-9+. The second-order valence-electron chi connectivity index (χ2n) is 5.39. The van der Waals surface area contributed by atoms with Crippen molar-refractivity contribution in [2.45, 2.75) is 32.3 Å². The summed E-state index contributed by atoms with van der Waals surface area (Å²) in [5.41, 5.74) is 0.702. The molecule has 4 nitrogen and oxygen atoms in total. The molecule has 1 aromatic rings. The van der Waals surface area contributed by atoms with Crippen molar-refractivity contribution in [3.05, 3.63) is 34.5 Å². The summed E-state index contributed by atoms with van der Waals surface area (Å²) in [5, 5.41) is 0.342. The van der Waals surface area contributed by atoms with Gasteiger partial charge >= 0.3 is 6.61 Å². The average Bonchev–Trinajstić information content (AvgIpc) is 2.67. The van der Waals surface area contributed by atoms with Gasteiger partial charge in [-0.25, -0.2) is 4.99 Å². The number of ether oxygens (including phenoxy) is 1. The van der Waals surface area contributed by atoms with E-state index in [2.05, 4.69) is 9.73 Å². The smallest absolute Gasteiger partial charge is 0.387 e. The minimum Gasteiger partial charge on any atom is -0.435 e. The monoisotopic (exact) mass is 340 g/mol. The molecule has 2 aliphatic rings. The van der Waals surface area contributed by atoms with Gasteiger partial charge in [-0.3, -0.25) is 9.69 Å². The molecule has 2 heterocycles. The first-order valence-corrected chi connectivity index (χ1v) is 7.78. The summed E-state index contributed by atoms with van der Waals surface area (Å²) in [6, 6.07) is 4.18. The van der Waals surface area contributed by atoms with Crippen molar-refractivity contribution < 1.29 is 18.3 Å². The molecule has 0 atom stereocenters. The first kappa shape index (κ1) is 15.9. The minimum absolute atomic E-state index is 0.0103. The Bertz CT molecular complexity index is 689. The van der Waals surface area contributed by atoms with Gasteiger partial charge < -0.3 is 4.74 Å². The fraction of sp³-hybridized carbons (Fsp3) is 0.375. The zero-order valence-electron chi connectivity index (χ0n) is 12.3. The number of benzene rings is 1. The Morgan fingerprint density at radius 2 is 2.13 bits per heavy atom. The molecule has 1 fully saturated rings. The molecule has 7 heteroatoms. The maximum absolute atomic E-state index is 12.4. The van der Waals surface area contributed by atoms with Crippen molar-refractivity contribution in [1.29, 1.82) is 0 Å². The molecule has 0 aromatic heterocycles. The van der Waals surface area contributed by atoms with Crippen molar-refractivity contribution in [1.82, 2.24) is 4.90 Å². The van der Waals surface area contributed by atoms with Crippen LogP contribution in [0.15, 0.2) is 28.9 Å². The first-order chi connectivity index (χ1) is 11.0. The molecule has 1 aromatic carbocycles. The largest absolute Gasteiger partial charge is 0.435 e. The Morgan fingerprint density at radius 1 is 1.30 bits per heavy atom. The lowest BCUT2D eigenvalue weighted by Gasteiger charge is -2.14. The normalized spacial score (nSPS) is 19.8. The Morgan fingerprint density at radius 3 is 2.91 bits per heavy atom. The van der Waals surface area contributed by atoms with E-state index >= 15 is 0 Å². The maximum Gasteiger partial charge on any atom is 0.387 e. The van der Waals surface area contributed by atoms with Crippen LogP contribution in [0.4, 0.5) is 8.78 Å². The second-order valence-corrected chi connectivity index (χ2v) is 5.79. The lowest BCUT2D eigenvalue weighted by atomic mass is 10.1. The van der Waals surface area contributed by atoms with Crippen molar-refractivity contribution in [2.75, 3.05) is 6.54 Å². The summed E-state index contributed by atoms with van der Waals surface area (Å²) in [6.07, 6.45) is 5.33. The third-order valence-electron chi connectivity index (χ3n) is 3.79. The molecule has 3 rings (SSSR count). The Hall–Kier alpha value is -1.95. The molecule has 0 aliphatic carbocycles. The van der Waals surface area contributed by atoms with Gasteiger partial charge in [-0.05, 0) is 42.7 Å². The molecule has 1 saturated heterocycles. The summed E-state index contributed by atoms with van der Waals surface area (Å²) in [7, 11) is 0. The fourth-order valence-corrected chi connectivity index (χ4v) is 2.88. The van der Waals surface area contributed by atoms with Crippen molar-refractivity contribution in [2.24, 2.45) is 4.99 Å². The molecular weight excluding hydrogens is 326 g/mol. The van der Waals surface area contributed by atoms with Crippen LogP contribution in [-0.2, 0) is 4.79 Å². The summed E-state index contributed by atoms with van der Waals surface area (Å²) >= 11 is 6.08. The SMILES string of the molecule is O=C1/C(=C\c2cc(OC(F)F)ccc2Cl)N=C2CCCCCN12. The lowest BCUT2D eigenvalue weighted by Crippen LogP contribution is -2.31. The highest BCUT2D eigenvalue weighted by Gasteiger charge is 2.30.